The maximum atomic E-state index is 2.88. The van der Waals surface area contributed by atoms with Crippen molar-refractivity contribution in [2.75, 3.05) is 14.7 Å². The molecule has 0 N–H and O–H groups in total. The van der Waals surface area contributed by atoms with Crippen LogP contribution in [0.25, 0.3) is 11.1 Å². The van der Waals surface area contributed by atoms with Gasteiger partial charge in [0.05, 0.1) is 27.4 Å². The first-order valence-corrected chi connectivity index (χ1v) is 30.4. The van der Waals surface area contributed by atoms with Crippen molar-refractivity contribution >= 4 is 95.1 Å². The SMILES string of the molecule is Cc1cccc2c1N(c1ccccc1)c1cc(N(c3ccc([Si](C)(C)C)cc3)c3ccc([Si](C)(C)C)cc3)cc3c1B2c1cc(-c2ccccc2)cc2c1N3C1(C)CCCCC21C. The lowest BCUT2D eigenvalue weighted by Gasteiger charge is -2.53. The van der Waals surface area contributed by atoms with Gasteiger partial charge in [-0.2, -0.15) is 0 Å². The summed E-state index contributed by atoms with van der Waals surface area (Å²) in [4.78, 5) is 8.04. The average Bonchev–Trinajstić information content (AvgIpc) is 3.49. The molecule has 0 aromatic heterocycles. The van der Waals surface area contributed by atoms with Gasteiger partial charge in [0.1, 0.15) is 0 Å². The van der Waals surface area contributed by atoms with E-state index in [1.165, 1.54) is 114 Å². The van der Waals surface area contributed by atoms with Crippen LogP contribution in [0.5, 0.6) is 0 Å². The second-order valence-electron chi connectivity index (χ2n) is 21.4. The topological polar surface area (TPSA) is 9.72 Å². The van der Waals surface area contributed by atoms with Crippen molar-refractivity contribution in [3.63, 3.8) is 0 Å². The summed E-state index contributed by atoms with van der Waals surface area (Å²) in [6, 6.07) is 58.8. The lowest BCUT2D eigenvalue weighted by Crippen LogP contribution is -2.64. The van der Waals surface area contributed by atoms with Crippen molar-refractivity contribution < 1.29 is 0 Å². The van der Waals surface area contributed by atoms with Gasteiger partial charge in [-0.15, -0.1) is 0 Å². The van der Waals surface area contributed by atoms with Crippen molar-refractivity contribution in [1.29, 1.82) is 0 Å². The quantitative estimate of drug-likeness (QED) is 0.148. The van der Waals surface area contributed by atoms with Crippen molar-refractivity contribution in [1.82, 2.24) is 0 Å². The van der Waals surface area contributed by atoms with Gasteiger partial charge in [-0.05, 0) is 120 Å². The van der Waals surface area contributed by atoms with Crippen LogP contribution in [-0.2, 0) is 5.41 Å². The van der Waals surface area contributed by atoms with E-state index in [2.05, 4.69) is 226 Å². The molecule has 0 amide bonds. The summed E-state index contributed by atoms with van der Waals surface area (Å²) in [6.45, 7) is 22.3. The van der Waals surface area contributed by atoms with Gasteiger partial charge in [0.15, 0.2) is 0 Å². The van der Waals surface area contributed by atoms with Gasteiger partial charge in [-0.25, -0.2) is 0 Å². The van der Waals surface area contributed by atoms with Crippen LogP contribution in [0.3, 0.4) is 0 Å². The second kappa shape index (κ2) is 14.2. The zero-order valence-corrected chi connectivity index (χ0v) is 40.7. The Morgan fingerprint density at radius 3 is 1.75 bits per heavy atom. The van der Waals surface area contributed by atoms with Crippen LogP contribution in [0.4, 0.5) is 45.5 Å². The molecular formula is C57H60BN3Si2. The molecule has 2 unspecified atom stereocenters. The summed E-state index contributed by atoms with van der Waals surface area (Å²) in [5.41, 5.74) is 19.7. The number of hydrogen-bond acceptors (Lipinski definition) is 3. The van der Waals surface area contributed by atoms with Gasteiger partial charge in [-0.3, -0.25) is 0 Å². The van der Waals surface area contributed by atoms with Crippen LogP contribution in [0.15, 0.2) is 152 Å². The Labute approximate surface area is 378 Å². The number of para-hydroxylation sites is 2. The summed E-state index contributed by atoms with van der Waals surface area (Å²) in [7, 11) is -3.05. The molecule has 1 fully saturated rings. The standard InChI is InChI=1S/C57H60BN3Si2/c1-39-19-18-24-49-54(39)60(42-22-14-11-15-23-42)51-37-45(59(43-25-29-46(30-26-43)62(4,5)6)44-27-31-47(32-28-44)63(7,8)9)38-52-53(51)58(49)50-36-41(40-20-12-10-13-21-40)35-48-55(50)61(52)57(3)34-17-16-33-56(48,57)2/h10-15,18-32,35-38H,16-17,33-34H2,1-9H3. The van der Waals surface area contributed by atoms with Crippen LogP contribution >= 0.6 is 0 Å². The Morgan fingerprint density at radius 1 is 0.540 bits per heavy atom. The number of benzene rings is 7. The number of aryl methyl sites for hydroxylation is 1. The Morgan fingerprint density at radius 2 is 1.13 bits per heavy atom. The number of rotatable bonds is 7. The molecule has 7 aromatic rings. The molecule has 4 aliphatic rings. The fourth-order valence-corrected chi connectivity index (χ4v) is 14.3. The largest absolute Gasteiger partial charge is 0.335 e. The molecule has 1 aliphatic carbocycles. The van der Waals surface area contributed by atoms with Crippen molar-refractivity contribution in [3.05, 3.63) is 163 Å². The smallest absolute Gasteiger partial charge is 0.252 e. The first kappa shape index (κ1) is 40.2. The van der Waals surface area contributed by atoms with E-state index in [4.69, 9.17) is 0 Å². The molecule has 11 rings (SSSR count). The first-order chi connectivity index (χ1) is 30.2. The summed E-state index contributed by atoms with van der Waals surface area (Å²) < 4.78 is 0. The van der Waals surface area contributed by atoms with Crippen LogP contribution in [0.1, 0.15) is 50.7 Å². The van der Waals surface area contributed by atoms with Gasteiger partial charge in [0.25, 0.3) is 6.71 Å². The number of nitrogens with zero attached hydrogens (tertiary/aromatic N) is 3. The Kier molecular flexibility index (Phi) is 9.08. The molecule has 0 bridgehead atoms. The minimum absolute atomic E-state index is 0.0237. The normalized spacial score (nSPS) is 19.6. The van der Waals surface area contributed by atoms with Crippen LogP contribution in [0.2, 0.25) is 39.3 Å². The average molecular weight is 854 g/mol. The van der Waals surface area contributed by atoms with Crippen molar-refractivity contribution in [3.8, 4) is 11.1 Å². The molecule has 3 heterocycles. The van der Waals surface area contributed by atoms with E-state index >= 15 is 0 Å². The fourth-order valence-electron chi connectivity index (χ4n) is 12.0. The molecule has 0 spiro atoms. The summed E-state index contributed by atoms with van der Waals surface area (Å²) in [5, 5.41) is 2.96. The van der Waals surface area contributed by atoms with Gasteiger partial charge in [-0.1, -0.05) is 166 Å². The van der Waals surface area contributed by atoms with Gasteiger partial charge >= 0.3 is 0 Å². The highest BCUT2D eigenvalue weighted by Gasteiger charge is 2.61. The molecule has 63 heavy (non-hydrogen) atoms. The van der Waals surface area contributed by atoms with E-state index in [-0.39, 0.29) is 17.7 Å². The summed E-state index contributed by atoms with van der Waals surface area (Å²) >= 11 is 0. The van der Waals surface area contributed by atoms with E-state index in [1.807, 2.05) is 0 Å². The zero-order chi connectivity index (χ0) is 43.6. The first-order valence-electron chi connectivity index (χ1n) is 23.4. The monoisotopic (exact) mass is 853 g/mol. The maximum absolute atomic E-state index is 2.88. The number of hydrogen-bond donors (Lipinski definition) is 0. The third-order valence-corrected chi connectivity index (χ3v) is 19.7. The Bertz CT molecular complexity index is 2860. The Hall–Kier alpha value is -5.56. The molecule has 3 aliphatic heterocycles. The molecular weight excluding hydrogens is 794 g/mol. The molecule has 7 aromatic carbocycles. The highest BCUT2D eigenvalue weighted by molar-refractivity contribution is 7.00. The molecule has 0 radical (unpaired) electrons. The predicted molar refractivity (Wildman–Crippen MR) is 279 cm³/mol. The van der Waals surface area contributed by atoms with E-state index < -0.39 is 16.1 Å². The van der Waals surface area contributed by atoms with Gasteiger partial charge < -0.3 is 14.7 Å². The van der Waals surface area contributed by atoms with Gasteiger partial charge in [0.2, 0.25) is 0 Å². The molecule has 2 atom stereocenters. The molecule has 3 nitrogen and oxygen atoms in total. The van der Waals surface area contributed by atoms with E-state index in [0.29, 0.717) is 0 Å². The molecule has 314 valence electrons. The van der Waals surface area contributed by atoms with Crippen LogP contribution < -0.4 is 41.5 Å². The van der Waals surface area contributed by atoms with Gasteiger partial charge in [0, 0.05) is 45.2 Å². The predicted octanol–water partition coefficient (Wildman–Crippen LogP) is 12.6. The van der Waals surface area contributed by atoms with Crippen molar-refractivity contribution in [2.45, 2.75) is 96.7 Å². The molecule has 0 saturated heterocycles. The lowest BCUT2D eigenvalue weighted by atomic mass is 9.33. The van der Waals surface area contributed by atoms with Crippen LogP contribution in [-0.4, -0.2) is 28.4 Å². The highest BCUT2D eigenvalue weighted by Crippen LogP contribution is 2.62. The molecule has 1 saturated carbocycles. The minimum Gasteiger partial charge on any atom is -0.335 e. The molecule has 6 heteroatoms. The van der Waals surface area contributed by atoms with Crippen molar-refractivity contribution in [2.24, 2.45) is 0 Å². The zero-order valence-electron chi connectivity index (χ0n) is 38.7. The van der Waals surface area contributed by atoms with E-state index in [1.54, 1.807) is 0 Å². The lowest BCUT2D eigenvalue weighted by molar-refractivity contribution is 0.195. The number of fused-ring (bicyclic) bond motifs is 7. The van der Waals surface area contributed by atoms with E-state index in [0.717, 1.165) is 6.42 Å². The highest BCUT2D eigenvalue weighted by atomic mass is 28.3. The summed E-state index contributed by atoms with van der Waals surface area (Å²) in [5.74, 6) is 0. The Balaban J connectivity index is 1.25. The maximum Gasteiger partial charge on any atom is 0.252 e. The second-order valence-corrected chi connectivity index (χ2v) is 31.6. The van der Waals surface area contributed by atoms with Crippen LogP contribution in [0, 0.1) is 6.92 Å². The minimum atomic E-state index is -1.53. The summed E-state index contributed by atoms with van der Waals surface area (Å²) in [6.07, 6.45) is 4.83. The fraction of sp³-hybridized carbons (Fsp3) is 0.263. The third-order valence-electron chi connectivity index (χ3n) is 15.6. The third kappa shape index (κ3) is 6.04. The number of anilines is 8. The van der Waals surface area contributed by atoms with E-state index in [9.17, 15) is 0 Å².